The summed E-state index contributed by atoms with van der Waals surface area (Å²) in [6.45, 7) is 13.3. The van der Waals surface area contributed by atoms with Gasteiger partial charge in [-0.2, -0.15) is 0 Å². The number of unbranched alkanes of at least 4 members (excludes halogenated alkanes) is 1. The van der Waals surface area contributed by atoms with Gasteiger partial charge >= 0.3 is 0 Å². The van der Waals surface area contributed by atoms with Crippen LogP contribution in [0.1, 0.15) is 52.9 Å². The van der Waals surface area contributed by atoms with Crippen molar-refractivity contribution in [1.82, 2.24) is 15.5 Å². The first-order valence-corrected chi connectivity index (χ1v) is 8.50. The molecule has 0 aromatic carbocycles. The third kappa shape index (κ3) is 10.3. The molecule has 1 heterocycles. The van der Waals surface area contributed by atoms with Crippen molar-refractivity contribution in [1.29, 1.82) is 0 Å². The maximum atomic E-state index is 4.66. The molecule has 1 rings (SSSR count). The molecule has 21 heavy (non-hydrogen) atoms. The maximum Gasteiger partial charge on any atom is 0.191 e. The van der Waals surface area contributed by atoms with Crippen LogP contribution in [0.4, 0.5) is 0 Å². The Morgan fingerprint density at radius 2 is 2.05 bits per heavy atom. The van der Waals surface area contributed by atoms with Crippen LogP contribution in [0.5, 0.6) is 0 Å². The third-order valence-corrected chi connectivity index (χ3v) is 3.81. The van der Waals surface area contributed by atoms with E-state index < -0.39 is 0 Å². The fourth-order valence-corrected chi connectivity index (χ4v) is 2.70. The van der Waals surface area contributed by atoms with Crippen LogP contribution in [-0.2, 0) is 0 Å². The molecular weight excluding hydrogens is 375 g/mol. The fourth-order valence-electron chi connectivity index (χ4n) is 2.70. The Hall–Kier alpha value is -0.0400. The molecule has 1 fully saturated rings. The molecule has 0 aliphatic carbocycles. The number of guanidine groups is 1. The zero-order valence-corrected chi connectivity index (χ0v) is 16.5. The highest BCUT2D eigenvalue weighted by atomic mass is 127. The normalized spacial score (nSPS) is 20.0. The van der Waals surface area contributed by atoms with Crippen LogP contribution in [0, 0.1) is 5.92 Å². The molecule has 5 heteroatoms. The van der Waals surface area contributed by atoms with Crippen LogP contribution in [0.15, 0.2) is 4.99 Å². The van der Waals surface area contributed by atoms with Crippen molar-refractivity contribution < 1.29 is 0 Å². The van der Waals surface area contributed by atoms with Crippen LogP contribution in [0.2, 0.25) is 0 Å². The first kappa shape index (κ1) is 21.0. The van der Waals surface area contributed by atoms with Crippen LogP contribution < -0.4 is 10.6 Å². The minimum absolute atomic E-state index is 0. The summed E-state index contributed by atoms with van der Waals surface area (Å²) >= 11 is 0. The summed E-state index contributed by atoms with van der Waals surface area (Å²) in [6.07, 6.45) is 6.36. The molecule has 1 aliphatic rings. The summed E-state index contributed by atoms with van der Waals surface area (Å²) in [5, 5.41) is 6.70. The summed E-state index contributed by atoms with van der Waals surface area (Å²) in [5.41, 5.74) is 0. The highest BCUT2D eigenvalue weighted by Gasteiger charge is 2.15. The van der Waals surface area contributed by atoms with Gasteiger partial charge in [0.25, 0.3) is 0 Å². The van der Waals surface area contributed by atoms with E-state index in [1.54, 1.807) is 0 Å². The molecule has 0 saturated carbocycles. The minimum Gasteiger partial charge on any atom is -0.357 e. The van der Waals surface area contributed by atoms with Gasteiger partial charge in [-0.3, -0.25) is 4.99 Å². The summed E-state index contributed by atoms with van der Waals surface area (Å²) in [7, 11) is 0. The number of halogens is 1. The topological polar surface area (TPSA) is 39.7 Å². The standard InChI is InChI=1S/C16H34N4.HI/c1-4-6-10-18-16(17-5-2)19-11-8-13-20-12-7-9-15(3)14-20;/h15H,4-14H2,1-3H3,(H2,17,18,19);1H. The third-order valence-electron chi connectivity index (χ3n) is 3.81. The molecule has 126 valence electrons. The largest absolute Gasteiger partial charge is 0.357 e. The van der Waals surface area contributed by atoms with Gasteiger partial charge in [0.2, 0.25) is 0 Å². The molecule has 1 unspecified atom stereocenters. The number of nitrogens with one attached hydrogen (secondary N) is 2. The van der Waals surface area contributed by atoms with E-state index >= 15 is 0 Å². The molecule has 0 bridgehead atoms. The van der Waals surface area contributed by atoms with Gasteiger partial charge in [0.1, 0.15) is 0 Å². The molecule has 0 spiro atoms. The van der Waals surface area contributed by atoms with Crippen LogP contribution in [0.25, 0.3) is 0 Å². The Kier molecular flexibility index (Phi) is 13.6. The second-order valence-electron chi connectivity index (χ2n) is 5.94. The van der Waals surface area contributed by atoms with Crippen molar-refractivity contribution >= 4 is 29.9 Å². The fraction of sp³-hybridized carbons (Fsp3) is 0.938. The molecular formula is C16H35IN4. The van der Waals surface area contributed by atoms with Gasteiger partial charge in [0, 0.05) is 26.2 Å². The highest BCUT2D eigenvalue weighted by molar-refractivity contribution is 14.0. The number of likely N-dealkylation sites (tertiary alicyclic amines) is 1. The quantitative estimate of drug-likeness (QED) is 0.280. The maximum absolute atomic E-state index is 4.66. The van der Waals surface area contributed by atoms with Crippen LogP contribution in [0.3, 0.4) is 0 Å². The number of piperidine rings is 1. The number of hydrogen-bond donors (Lipinski definition) is 2. The number of rotatable bonds is 8. The Labute approximate surface area is 148 Å². The Morgan fingerprint density at radius 1 is 1.24 bits per heavy atom. The van der Waals surface area contributed by atoms with Crippen molar-refractivity contribution in [3.05, 3.63) is 0 Å². The Bertz CT molecular complexity index is 271. The van der Waals surface area contributed by atoms with Crippen LogP contribution in [-0.4, -0.2) is 50.1 Å². The van der Waals surface area contributed by atoms with Gasteiger partial charge in [-0.05, 0) is 51.6 Å². The predicted molar refractivity (Wildman–Crippen MR) is 104 cm³/mol. The first-order valence-electron chi connectivity index (χ1n) is 8.50. The van der Waals surface area contributed by atoms with Gasteiger partial charge in [0.05, 0.1) is 0 Å². The van der Waals surface area contributed by atoms with Gasteiger partial charge in [-0.15, -0.1) is 24.0 Å². The lowest BCUT2D eigenvalue weighted by molar-refractivity contribution is 0.183. The van der Waals surface area contributed by atoms with E-state index in [-0.39, 0.29) is 24.0 Å². The zero-order valence-electron chi connectivity index (χ0n) is 14.2. The summed E-state index contributed by atoms with van der Waals surface area (Å²) in [5.74, 6) is 1.85. The lowest BCUT2D eigenvalue weighted by Gasteiger charge is -2.30. The summed E-state index contributed by atoms with van der Waals surface area (Å²) < 4.78 is 0. The van der Waals surface area contributed by atoms with Crippen molar-refractivity contribution in [2.24, 2.45) is 10.9 Å². The lowest BCUT2D eigenvalue weighted by atomic mass is 10.0. The summed E-state index contributed by atoms with van der Waals surface area (Å²) in [6, 6.07) is 0. The average molecular weight is 410 g/mol. The minimum atomic E-state index is 0. The highest BCUT2D eigenvalue weighted by Crippen LogP contribution is 2.15. The first-order chi connectivity index (χ1) is 9.76. The molecule has 1 aliphatic heterocycles. The Morgan fingerprint density at radius 3 is 2.71 bits per heavy atom. The number of hydrogen-bond acceptors (Lipinski definition) is 2. The molecule has 1 atom stereocenters. The molecule has 0 aromatic heterocycles. The van der Waals surface area contributed by atoms with E-state index in [9.17, 15) is 0 Å². The molecule has 0 radical (unpaired) electrons. The molecule has 0 aromatic rings. The second kappa shape index (κ2) is 13.6. The van der Waals surface area contributed by atoms with E-state index in [1.807, 2.05) is 0 Å². The average Bonchev–Trinajstić information content (AvgIpc) is 2.44. The van der Waals surface area contributed by atoms with Crippen molar-refractivity contribution in [2.75, 3.05) is 39.3 Å². The van der Waals surface area contributed by atoms with E-state index in [0.29, 0.717) is 0 Å². The summed E-state index contributed by atoms with van der Waals surface area (Å²) in [4.78, 5) is 7.25. The SMILES string of the molecule is CCCCNC(=NCCCN1CCCC(C)C1)NCC.I. The zero-order chi connectivity index (χ0) is 14.6. The smallest absolute Gasteiger partial charge is 0.191 e. The predicted octanol–water partition coefficient (Wildman–Crippen LogP) is 3.08. The van der Waals surface area contributed by atoms with Gasteiger partial charge in [-0.1, -0.05) is 20.3 Å². The van der Waals surface area contributed by atoms with Gasteiger partial charge in [0.15, 0.2) is 5.96 Å². The monoisotopic (exact) mass is 410 g/mol. The van der Waals surface area contributed by atoms with E-state index in [4.69, 9.17) is 0 Å². The molecule has 0 amide bonds. The van der Waals surface area contributed by atoms with E-state index in [1.165, 1.54) is 45.3 Å². The van der Waals surface area contributed by atoms with E-state index in [0.717, 1.165) is 37.9 Å². The molecule has 2 N–H and O–H groups in total. The van der Waals surface area contributed by atoms with Crippen molar-refractivity contribution in [3.63, 3.8) is 0 Å². The Balaban J connectivity index is 0.00000400. The lowest BCUT2D eigenvalue weighted by Crippen LogP contribution is -2.38. The number of aliphatic imine (C=N–C) groups is 1. The van der Waals surface area contributed by atoms with E-state index in [2.05, 4.69) is 41.3 Å². The number of nitrogens with zero attached hydrogens (tertiary/aromatic N) is 2. The molecule has 4 nitrogen and oxygen atoms in total. The van der Waals surface area contributed by atoms with Crippen molar-refractivity contribution in [2.45, 2.75) is 52.9 Å². The van der Waals surface area contributed by atoms with Crippen molar-refractivity contribution in [3.8, 4) is 0 Å². The molecule has 1 saturated heterocycles. The van der Waals surface area contributed by atoms with Gasteiger partial charge < -0.3 is 15.5 Å². The van der Waals surface area contributed by atoms with Crippen LogP contribution >= 0.6 is 24.0 Å². The second-order valence-corrected chi connectivity index (χ2v) is 5.94. The van der Waals surface area contributed by atoms with Gasteiger partial charge in [-0.25, -0.2) is 0 Å².